The van der Waals surface area contributed by atoms with Gasteiger partial charge in [0.2, 0.25) is 0 Å². The number of aliphatic imine (C=N–C) groups is 1. The normalized spacial score (nSPS) is 16.5. The first kappa shape index (κ1) is 28.1. The minimum Gasteiger partial charge on any atom is -0.396 e. The van der Waals surface area contributed by atoms with E-state index in [1.165, 1.54) is 6.07 Å². The minimum atomic E-state index is -0.217. The molecular formula is C23H40FIN4O2. The van der Waals surface area contributed by atoms with Crippen molar-refractivity contribution in [1.82, 2.24) is 15.5 Å². The summed E-state index contributed by atoms with van der Waals surface area (Å²) in [5, 5.41) is 16.3. The van der Waals surface area contributed by atoms with E-state index < -0.39 is 0 Å². The Morgan fingerprint density at radius 2 is 1.94 bits per heavy atom. The second-order valence-corrected chi connectivity index (χ2v) is 7.98. The number of benzene rings is 1. The van der Waals surface area contributed by atoms with Crippen molar-refractivity contribution < 1.29 is 14.2 Å². The molecule has 0 aliphatic carbocycles. The quantitative estimate of drug-likeness (QED) is 0.224. The van der Waals surface area contributed by atoms with Gasteiger partial charge in [0.1, 0.15) is 5.82 Å². The molecule has 0 spiro atoms. The summed E-state index contributed by atoms with van der Waals surface area (Å²) in [6.45, 7) is 11.6. The number of halogens is 2. The monoisotopic (exact) mass is 550 g/mol. The Labute approximate surface area is 204 Å². The molecule has 1 aromatic rings. The summed E-state index contributed by atoms with van der Waals surface area (Å²) in [7, 11) is 0. The van der Waals surface area contributed by atoms with Gasteiger partial charge in [0.15, 0.2) is 5.96 Å². The highest BCUT2D eigenvalue weighted by atomic mass is 127. The van der Waals surface area contributed by atoms with Crippen LogP contribution in [0.15, 0.2) is 29.3 Å². The zero-order chi connectivity index (χ0) is 21.8. The minimum absolute atomic E-state index is 0. The molecule has 0 amide bonds. The summed E-state index contributed by atoms with van der Waals surface area (Å²) >= 11 is 0. The van der Waals surface area contributed by atoms with Crippen LogP contribution in [0.1, 0.15) is 51.6 Å². The van der Waals surface area contributed by atoms with Gasteiger partial charge in [0.05, 0.1) is 19.3 Å². The van der Waals surface area contributed by atoms with Gasteiger partial charge in [-0.1, -0.05) is 26.0 Å². The van der Waals surface area contributed by atoms with Crippen molar-refractivity contribution in [2.75, 3.05) is 52.5 Å². The van der Waals surface area contributed by atoms with Crippen molar-refractivity contribution in [2.45, 2.75) is 46.1 Å². The Morgan fingerprint density at radius 1 is 1.23 bits per heavy atom. The van der Waals surface area contributed by atoms with Gasteiger partial charge >= 0.3 is 0 Å². The van der Waals surface area contributed by atoms with Crippen LogP contribution in [-0.4, -0.2) is 68.5 Å². The van der Waals surface area contributed by atoms with Crippen LogP contribution in [0.25, 0.3) is 0 Å². The van der Waals surface area contributed by atoms with E-state index in [9.17, 15) is 9.50 Å². The predicted molar refractivity (Wildman–Crippen MR) is 136 cm³/mol. The third kappa shape index (κ3) is 8.82. The number of hydrogen-bond donors (Lipinski definition) is 3. The van der Waals surface area contributed by atoms with Crippen LogP contribution < -0.4 is 10.6 Å². The SMILES string of the molecule is CCNC(=NCC(CC)(CC)CCO)NCC(c1cccc(F)c1)N1CCOCC1.I. The third-order valence-corrected chi connectivity index (χ3v) is 6.24. The van der Waals surface area contributed by atoms with Crippen LogP contribution in [0.3, 0.4) is 0 Å². The molecule has 0 radical (unpaired) electrons. The van der Waals surface area contributed by atoms with Crippen molar-refractivity contribution in [3.05, 3.63) is 35.6 Å². The first-order valence-electron chi connectivity index (χ1n) is 11.3. The molecule has 1 heterocycles. The van der Waals surface area contributed by atoms with Crippen LogP contribution >= 0.6 is 24.0 Å². The highest BCUT2D eigenvalue weighted by molar-refractivity contribution is 14.0. The summed E-state index contributed by atoms with van der Waals surface area (Å²) in [5.41, 5.74) is 0.973. The second-order valence-electron chi connectivity index (χ2n) is 7.98. The Morgan fingerprint density at radius 3 is 2.52 bits per heavy atom. The Kier molecular flexibility index (Phi) is 13.6. The van der Waals surface area contributed by atoms with Crippen LogP contribution in [-0.2, 0) is 4.74 Å². The first-order chi connectivity index (χ1) is 14.6. The van der Waals surface area contributed by atoms with Crippen molar-refractivity contribution in [3.63, 3.8) is 0 Å². The molecule has 1 saturated heterocycles. The molecule has 1 aromatic carbocycles. The van der Waals surface area contributed by atoms with Gasteiger partial charge < -0.3 is 20.5 Å². The lowest BCUT2D eigenvalue weighted by atomic mass is 9.79. The van der Waals surface area contributed by atoms with E-state index in [4.69, 9.17) is 9.73 Å². The fraction of sp³-hybridized carbons (Fsp3) is 0.696. The smallest absolute Gasteiger partial charge is 0.191 e. The van der Waals surface area contributed by atoms with E-state index in [-0.39, 0.29) is 47.9 Å². The van der Waals surface area contributed by atoms with Crippen molar-refractivity contribution in [2.24, 2.45) is 10.4 Å². The third-order valence-electron chi connectivity index (χ3n) is 6.24. The number of nitrogens with one attached hydrogen (secondary N) is 2. The average molecular weight is 551 g/mol. The Hall–Kier alpha value is -0.970. The number of aliphatic hydroxyl groups excluding tert-OH is 1. The van der Waals surface area contributed by atoms with Crippen LogP contribution in [0.5, 0.6) is 0 Å². The standard InChI is InChI=1S/C23H39FN4O2.HI/c1-4-23(5-2,10-13-29)18-27-22(25-6-3)26-17-21(28-11-14-30-15-12-28)19-8-7-9-20(24)16-19;/h7-9,16,21,29H,4-6,10-15,17-18H2,1-3H3,(H2,25,26,27);1H. The van der Waals surface area contributed by atoms with Gasteiger partial charge in [0.25, 0.3) is 0 Å². The van der Waals surface area contributed by atoms with Crippen LogP contribution in [0.2, 0.25) is 0 Å². The van der Waals surface area contributed by atoms with E-state index in [2.05, 4.69) is 29.4 Å². The van der Waals surface area contributed by atoms with E-state index in [1.807, 2.05) is 13.0 Å². The molecule has 1 atom stereocenters. The maximum atomic E-state index is 13.9. The number of aliphatic hydroxyl groups is 1. The molecule has 3 N–H and O–H groups in total. The number of rotatable bonds is 11. The molecule has 178 valence electrons. The molecule has 1 fully saturated rings. The van der Waals surface area contributed by atoms with Gasteiger partial charge in [0, 0.05) is 39.3 Å². The van der Waals surface area contributed by atoms with Gasteiger partial charge in [-0.25, -0.2) is 4.39 Å². The summed E-state index contributed by atoms with van der Waals surface area (Å²) < 4.78 is 19.4. The van der Waals surface area contributed by atoms with E-state index >= 15 is 0 Å². The zero-order valence-electron chi connectivity index (χ0n) is 19.2. The average Bonchev–Trinajstić information content (AvgIpc) is 2.77. The molecule has 0 saturated carbocycles. The van der Waals surface area contributed by atoms with E-state index in [0.717, 1.165) is 50.4 Å². The number of ether oxygens (including phenoxy) is 1. The Balaban J connectivity index is 0.00000480. The molecule has 2 rings (SSSR count). The molecule has 1 unspecified atom stereocenters. The highest BCUT2D eigenvalue weighted by Crippen LogP contribution is 2.30. The Bertz CT molecular complexity index is 652. The predicted octanol–water partition coefficient (Wildman–Crippen LogP) is 3.56. The highest BCUT2D eigenvalue weighted by Gasteiger charge is 2.26. The first-order valence-corrected chi connectivity index (χ1v) is 11.3. The number of morpholine rings is 1. The molecule has 0 bridgehead atoms. The van der Waals surface area contributed by atoms with Gasteiger partial charge in [-0.2, -0.15) is 0 Å². The fourth-order valence-corrected chi connectivity index (χ4v) is 3.99. The lowest BCUT2D eigenvalue weighted by Crippen LogP contribution is -2.46. The number of guanidine groups is 1. The molecule has 8 heteroatoms. The largest absolute Gasteiger partial charge is 0.396 e. The molecule has 31 heavy (non-hydrogen) atoms. The lowest BCUT2D eigenvalue weighted by molar-refractivity contribution is 0.0169. The van der Waals surface area contributed by atoms with Gasteiger partial charge in [-0.05, 0) is 49.3 Å². The van der Waals surface area contributed by atoms with E-state index in [1.54, 1.807) is 12.1 Å². The number of hydrogen-bond acceptors (Lipinski definition) is 4. The summed E-state index contributed by atoms with van der Waals surface area (Å²) in [4.78, 5) is 7.18. The van der Waals surface area contributed by atoms with E-state index in [0.29, 0.717) is 26.3 Å². The number of nitrogens with zero attached hydrogens (tertiary/aromatic N) is 2. The summed E-state index contributed by atoms with van der Waals surface area (Å²) in [6, 6.07) is 6.88. The molecule has 0 aromatic heterocycles. The second kappa shape index (κ2) is 15.0. The van der Waals surface area contributed by atoms with Gasteiger partial charge in [-0.15, -0.1) is 24.0 Å². The molecule has 1 aliphatic rings. The maximum Gasteiger partial charge on any atom is 0.191 e. The van der Waals surface area contributed by atoms with Crippen LogP contribution in [0, 0.1) is 11.2 Å². The van der Waals surface area contributed by atoms with Crippen molar-refractivity contribution >= 4 is 29.9 Å². The molecule has 6 nitrogen and oxygen atoms in total. The topological polar surface area (TPSA) is 69.1 Å². The lowest BCUT2D eigenvalue weighted by Gasteiger charge is -2.35. The maximum absolute atomic E-state index is 13.9. The zero-order valence-corrected chi connectivity index (χ0v) is 21.5. The summed E-state index contributed by atoms with van der Waals surface area (Å²) in [6.07, 6.45) is 2.71. The van der Waals surface area contributed by atoms with Crippen LogP contribution in [0.4, 0.5) is 4.39 Å². The fourth-order valence-electron chi connectivity index (χ4n) is 3.99. The van der Waals surface area contributed by atoms with Crippen molar-refractivity contribution in [1.29, 1.82) is 0 Å². The van der Waals surface area contributed by atoms with Crippen molar-refractivity contribution in [3.8, 4) is 0 Å². The van der Waals surface area contributed by atoms with Gasteiger partial charge in [-0.3, -0.25) is 9.89 Å². The molecular weight excluding hydrogens is 510 g/mol. The molecule has 1 aliphatic heterocycles. The summed E-state index contributed by atoms with van der Waals surface area (Å²) in [5.74, 6) is 0.544.